The number of rotatable bonds is 4. The first kappa shape index (κ1) is 14.4. The Morgan fingerprint density at radius 3 is 2.55 bits per heavy atom. The molecule has 0 amide bonds. The Morgan fingerprint density at radius 1 is 1.25 bits per heavy atom. The molecule has 0 spiro atoms. The Balaban J connectivity index is 2.11. The lowest BCUT2D eigenvalue weighted by atomic mass is 10.1. The van der Waals surface area contributed by atoms with Crippen LogP contribution in [0.3, 0.4) is 0 Å². The molecule has 7 heteroatoms. The van der Waals surface area contributed by atoms with Crippen LogP contribution in [0.15, 0.2) is 44.5 Å². The molecule has 0 aliphatic heterocycles. The lowest BCUT2D eigenvalue weighted by Crippen LogP contribution is -2.30. The molecule has 1 aromatic heterocycles. The first-order valence-corrected chi connectivity index (χ1v) is 6.54. The maximum atomic E-state index is 12.7. The number of Topliss-reactive ketones (excluding diaryl/α,β-unsaturated/α-hetero) is 1. The van der Waals surface area contributed by atoms with Crippen LogP contribution in [0.2, 0.25) is 0 Å². The molecule has 0 aliphatic carbocycles. The van der Waals surface area contributed by atoms with Gasteiger partial charge in [-0.3, -0.25) is 19.1 Å². The summed E-state index contributed by atoms with van der Waals surface area (Å²) in [5.41, 5.74) is -0.718. The molecule has 1 aromatic carbocycles. The number of carbonyl (C=O) groups is 1. The monoisotopic (exact) mass is 340 g/mol. The highest BCUT2D eigenvalue weighted by Crippen LogP contribution is 2.07. The summed E-state index contributed by atoms with van der Waals surface area (Å²) in [5.74, 6) is -0.624. The van der Waals surface area contributed by atoms with Crippen LogP contribution in [-0.2, 0) is 6.54 Å². The highest BCUT2D eigenvalue weighted by Gasteiger charge is 2.08. The van der Waals surface area contributed by atoms with Gasteiger partial charge in [0, 0.05) is 24.7 Å². The number of halogens is 2. The highest BCUT2D eigenvalue weighted by atomic mass is 79.9. The second-order valence-corrected chi connectivity index (χ2v) is 4.96. The van der Waals surface area contributed by atoms with Gasteiger partial charge in [0.05, 0.1) is 4.47 Å². The van der Waals surface area contributed by atoms with Crippen molar-refractivity contribution in [1.82, 2.24) is 9.55 Å². The Labute approximate surface area is 121 Å². The van der Waals surface area contributed by atoms with Crippen LogP contribution < -0.4 is 11.2 Å². The molecule has 104 valence electrons. The van der Waals surface area contributed by atoms with Crippen molar-refractivity contribution in [1.29, 1.82) is 0 Å². The van der Waals surface area contributed by atoms with Gasteiger partial charge in [0.1, 0.15) is 5.82 Å². The number of nitrogens with one attached hydrogen (secondary N) is 1. The molecule has 0 radical (unpaired) electrons. The molecule has 5 nitrogen and oxygen atoms in total. The summed E-state index contributed by atoms with van der Waals surface area (Å²) >= 11 is 3.01. The van der Waals surface area contributed by atoms with E-state index in [1.165, 1.54) is 35.0 Å². The fourth-order valence-electron chi connectivity index (χ4n) is 1.65. The van der Waals surface area contributed by atoms with E-state index in [4.69, 9.17) is 0 Å². The van der Waals surface area contributed by atoms with Crippen molar-refractivity contribution in [2.75, 3.05) is 0 Å². The van der Waals surface area contributed by atoms with Crippen LogP contribution >= 0.6 is 15.9 Å². The zero-order valence-corrected chi connectivity index (χ0v) is 11.8. The third kappa shape index (κ3) is 3.30. The number of aryl methyl sites for hydroxylation is 1. The smallest absolute Gasteiger partial charge is 0.299 e. The molecule has 1 heterocycles. The van der Waals surface area contributed by atoms with Crippen LogP contribution in [0.1, 0.15) is 16.8 Å². The summed E-state index contributed by atoms with van der Waals surface area (Å²) in [6.07, 6.45) is 1.41. The summed E-state index contributed by atoms with van der Waals surface area (Å²) in [5, 5.41) is 0. The van der Waals surface area contributed by atoms with Crippen molar-refractivity contribution in [2.45, 2.75) is 13.0 Å². The number of aromatic amines is 1. The third-order valence-corrected chi connectivity index (χ3v) is 3.28. The van der Waals surface area contributed by atoms with Gasteiger partial charge in [-0.05, 0) is 40.2 Å². The second-order valence-electron chi connectivity index (χ2n) is 4.11. The Kier molecular flexibility index (Phi) is 4.29. The number of nitrogens with zero attached hydrogens (tertiary/aromatic N) is 1. The van der Waals surface area contributed by atoms with Gasteiger partial charge in [-0.15, -0.1) is 0 Å². The van der Waals surface area contributed by atoms with E-state index in [2.05, 4.69) is 20.9 Å². The van der Waals surface area contributed by atoms with Gasteiger partial charge in [-0.1, -0.05) is 0 Å². The van der Waals surface area contributed by atoms with E-state index in [9.17, 15) is 18.8 Å². The largest absolute Gasteiger partial charge is 0.328 e. The van der Waals surface area contributed by atoms with Crippen molar-refractivity contribution in [3.05, 3.63) is 67.2 Å². The second kappa shape index (κ2) is 5.96. The summed E-state index contributed by atoms with van der Waals surface area (Å²) in [6.45, 7) is 0.129. The first-order chi connectivity index (χ1) is 9.47. The van der Waals surface area contributed by atoms with E-state index in [-0.39, 0.29) is 23.2 Å². The van der Waals surface area contributed by atoms with Gasteiger partial charge in [0.2, 0.25) is 0 Å². The van der Waals surface area contributed by atoms with Gasteiger partial charge in [-0.25, -0.2) is 9.18 Å². The average molecular weight is 341 g/mol. The van der Waals surface area contributed by atoms with Gasteiger partial charge in [0.15, 0.2) is 5.78 Å². The molecule has 2 aromatic rings. The van der Waals surface area contributed by atoms with Gasteiger partial charge >= 0.3 is 5.69 Å². The fourth-order valence-corrected chi connectivity index (χ4v) is 2.00. The molecule has 0 unspecified atom stereocenters. The molecular formula is C13H10BrFN2O3. The number of ketones is 1. The van der Waals surface area contributed by atoms with Gasteiger partial charge in [0.25, 0.3) is 5.56 Å². The standard InChI is InChI=1S/C13H10BrFN2O3/c14-10-7-17(13(20)16-12(10)19)6-5-11(18)8-1-3-9(15)4-2-8/h1-4,7H,5-6H2,(H,16,19,20). The molecule has 1 N–H and O–H groups in total. The number of carbonyl (C=O) groups excluding carboxylic acids is 1. The van der Waals surface area contributed by atoms with E-state index >= 15 is 0 Å². The Bertz CT molecular complexity index is 749. The third-order valence-electron chi connectivity index (χ3n) is 2.71. The summed E-state index contributed by atoms with van der Waals surface area (Å²) < 4.78 is 14.2. The molecule has 20 heavy (non-hydrogen) atoms. The zero-order valence-electron chi connectivity index (χ0n) is 10.2. The molecule has 0 atom stereocenters. The molecule has 0 saturated carbocycles. The molecule has 0 saturated heterocycles. The Hall–Kier alpha value is -2.02. The number of hydrogen-bond donors (Lipinski definition) is 1. The number of aromatic nitrogens is 2. The normalized spacial score (nSPS) is 10.5. The number of hydrogen-bond acceptors (Lipinski definition) is 3. The zero-order chi connectivity index (χ0) is 14.7. The minimum Gasteiger partial charge on any atom is -0.299 e. The number of H-pyrrole nitrogens is 1. The Morgan fingerprint density at radius 2 is 1.90 bits per heavy atom. The average Bonchev–Trinajstić information content (AvgIpc) is 2.42. The maximum absolute atomic E-state index is 12.7. The van der Waals surface area contributed by atoms with E-state index in [0.717, 1.165) is 0 Å². The van der Waals surface area contributed by atoms with Crippen molar-refractivity contribution in [3.63, 3.8) is 0 Å². The van der Waals surface area contributed by atoms with Crippen molar-refractivity contribution < 1.29 is 9.18 Å². The molecule has 2 rings (SSSR count). The molecule has 0 fully saturated rings. The highest BCUT2D eigenvalue weighted by molar-refractivity contribution is 9.10. The van der Waals surface area contributed by atoms with Crippen LogP contribution in [0.4, 0.5) is 4.39 Å². The van der Waals surface area contributed by atoms with Crippen molar-refractivity contribution in [2.24, 2.45) is 0 Å². The minimum absolute atomic E-state index is 0.0734. The van der Waals surface area contributed by atoms with Crippen LogP contribution in [0.25, 0.3) is 0 Å². The first-order valence-electron chi connectivity index (χ1n) is 5.75. The summed E-state index contributed by atoms with van der Waals surface area (Å²) in [7, 11) is 0. The predicted octanol–water partition coefficient (Wildman–Crippen LogP) is 1.71. The van der Waals surface area contributed by atoms with Gasteiger partial charge < -0.3 is 0 Å². The van der Waals surface area contributed by atoms with E-state index in [1.807, 2.05) is 0 Å². The minimum atomic E-state index is -0.579. The fraction of sp³-hybridized carbons (Fsp3) is 0.154. The quantitative estimate of drug-likeness (QED) is 0.861. The van der Waals surface area contributed by atoms with E-state index in [1.54, 1.807) is 0 Å². The van der Waals surface area contributed by atoms with Crippen LogP contribution in [0, 0.1) is 5.82 Å². The molecule has 0 aliphatic rings. The number of benzene rings is 1. The summed E-state index contributed by atoms with van der Waals surface area (Å²) in [6, 6.07) is 5.19. The predicted molar refractivity (Wildman–Crippen MR) is 74.4 cm³/mol. The molecule has 0 bridgehead atoms. The van der Waals surface area contributed by atoms with Crippen LogP contribution in [-0.4, -0.2) is 15.3 Å². The molecular weight excluding hydrogens is 331 g/mol. The lowest BCUT2D eigenvalue weighted by molar-refractivity contribution is 0.0976. The lowest BCUT2D eigenvalue weighted by Gasteiger charge is -2.05. The van der Waals surface area contributed by atoms with E-state index < -0.39 is 17.1 Å². The van der Waals surface area contributed by atoms with Crippen molar-refractivity contribution in [3.8, 4) is 0 Å². The van der Waals surface area contributed by atoms with Gasteiger partial charge in [-0.2, -0.15) is 0 Å². The SMILES string of the molecule is O=C(CCn1cc(Br)c(=O)[nH]c1=O)c1ccc(F)cc1. The van der Waals surface area contributed by atoms with Crippen LogP contribution in [0.5, 0.6) is 0 Å². The maximum Gasteiger partial charge on any atom is 0.328 e. The summed E-state index contributed by atoms with van der Waals surface area (Å²) in [4.78, 5) is 36.7. The van der Waals surface area contributed by atoms with E-state index in [0.29, 0.717) is 5.56 Å². The van der Waals surface area contributed by atoms with Crippen molar-refractivity contribution >= 4 is 21.7 Å². The topological polar surface area (TPSA) is 71.9 Å².